The van der Waals surface area contributed by atoms with Crippen LogP contribution in [-0.2, 0) is 19.1 Å². The molecule has 0 amide bonds. The molecule has 2 heterocycles. The minimum atomic E-state index is -0.762. The standard InChI is InChI=1S/C29H30N2O5S/c1-6-35-28(32)24-17(3)30-18(4)25(29(33)36-7-2)26(24)21-13-8-9-14-22(21)27-31-23(16-37-27)19-11-10-12-20(15-19)34-5/h8-16,24,26H,6-7H2,1-5H3. The molecule has 0 saturated carbocycles. The van der Waals surface area contributed by atoms with E-state index in [0.29, 0.717) is 17.0 Å². The van der Waals surface area contributed by atoms with Gasteiger partial charge in [-0.25, -0.2) is 9.78 Å². The Morgan fingerprint density at radius 2 is 1.76 bits per heavy atom. The molecule has 4 rings (SSSR count). The zero-order valence-corrected chi connectivity index (χ0v) is 22.4. The lowest BCUT2D eigenvalue weighted by molar-refractivity contribution is -0.146. The first-order valence-electron chi connectivity index (χ1n) is 12.2. The molecule has 8 heteroatoms. The van der Waals surface area contributed by atoms with Gasteiger partial charge in [0, 0.05) is 33.8 Å². The van der Waals surface area contributed by atoms with Crippen LogP contribution in [0.2, 0.25) is 0 Å². The molecule has 0 spiro atoms. The Labute approximate surface area is 220 Å². The molecule has 192 valence electrons. The lowest BCUT2D eigenvalue weighted by Gasteiger charge is -2.32. The van der Waals surface area contributed by atoms with Crippen molar-refractivity contribution in [3.63, 3.8) is 0 Å². The second-order valence-electron chi connectivity index (χ2n) is 8.54. The van der Waals surface area contributed by atoms with E-state index in [2.05, 4.69) is 4.99 Å². The van der Waals surface area contributed by atoms with Crippen LogP contribution in [0.1, 0.15) is 39.2 Å². The van der Waals surface area contributed by atoms with Gasteiger partial charge in [0.25, 0.3) is 0 Å². The fraction of sp³-hybridized carbons (Fsp3) is 0.310. The van der Waals surface area contributed by atoms with Crippen molar-refractivity contribution in [1.82, 2.24) is 4.98 Å². The Kier molecular flexibility index (Phi) is 8.18. The van der Waals surface area contributed by atoms with Gasteiger partial charge in [0.15, 0.2) is 0 Å². The quantitative estimate of drug-likeness (QED) is 0.337. The fourth-order valence-electron chi connectivity index (χ4n) is 4.66. The summed E-state index contributed by atoms with van der Waals surface area (Å²) in [6.45, 7) is 7.54. The van der Waals surface area contributed by atoms with Crippen LogP contribution in [-0.4, -0.2) is 43.0 Å². The monoisotopic (exact) mass is 518 g/mol. The van der Waals surface area contributed by atoms with Crippen molar-refractivity contribution in [3.05, 3.63) is 70.7 Å². The van der Waals surface area contributed by atoms with Gasteiger partial charge in [0.2, 0.25) is 0 Å². The van der Waals surface area contributed by atoms with Crippen LogP contribution in [0.15, 0.2) is 70.2 Å². The summed E-state index contributed by atoms with van der Waals surface area (Å²) in [5.41, 5.74) is 4.88. The first kappa shape index (κ1) is 26.3. The molecule has 0 aliphatic carbocycles. The maximum absolute atomic E-state index is 13.2. The van der Waals surface area contributed by atoms with Crippen molar-refractivity contribution < 1.29 is 23.8 Å². The Morgan fingerprint density at radius 3 is 2.49 bits per heavy atom. The number of ether oxygens (including phenoxy) is 3. The Morgan fingerprint density at radius 1 is 1.00 bits per heavy atom. The molecule has 0 fully saturated rings. The number of aliphatic imine (C=N–C) groups is 1. The number of esters is 2. The van der Waals surface area contributed by atoms with Gasteiger partial charge in [-0.2, -0.15) is 0 Å². The van der Waals surface area contributed by atoms with Crippen molar-refractivity contribution >= 4 is 29.0 Å². The Balaban J connectivity index is 1.86. The Hall–Kier alpha value is -3.78. The molecular weight excluding hydrogens is 488 g/mol. The molecule has 0 saturated heterocycles. The highest BCUT2D eigenvalue weighted by atomic mass is 32.1. The number of allylic oxidation sites excluding steroid dienone is 1. The second kappa shape index (κ2) is 11.5. The number of thiazole rings is 1. The highest BCUT2D eigenvalue weighted by Gasteiger charge is 2.43. The number of rotatable bonds is 8. The maximum Gasteiger partial charge on any atom is 0.336 e. The van der Waals surface area contributed by atoms with Crippen LogP contribution in [0.4, 0.5) is 0 Å². The van der Waals surface area contributed by atoms with Crippen molar-refractivity contribution in [2.24, 2.45) is 10.9 Å². The van der Waals surface area contributed by atoms with Crippen molar-refractivity contribution in [1.29, 1.82) is 0 Å². The number of aromatic nitrogens is 1. The van der Waals surface area contributed by atoms with E-state index in [1.165, 1.54) is 11.3 Å². The topological polar surface area (TPSA) is 87.1 Å². The molecule has 0 bridgehead atoms. The van der Waals surface area contributed by atoms with E-state index in [1.54, 1.807) is 34.8 Å². The highest BCUT2D eigenvalue weighted by molar-refractivity contribution is 7.13. The molecule has 1 aliphatic rings. The van der Waals surface area contributed by atoms with Crippen molar-refractivity contribution in [2.75, 3.05) is 20.3 Å². The van der Waals surface area contributed by atoms with Gasteiger partial charge in [-0.05, 0) is 45.4 Å². The SMILES string of the molecule is CCOC(=O)C1=C(C)N=C(C)C(C(=O)OCC)C1c1ccccc1-c1nc(-c2cccc(OC)c2)cs1. The number of carbonyl (C=O) groups excluding carboxylic acids is 2. The summed E-state index contributed by atoms with van der Waals surface area (Å²) < 4.78 is 16.2. The van der Waals surface area contributed by atoms with Gasteiger partial charge in [-0.3, -0.25) is 9.79 Å². The second-order valence-corrected chi connectivity index (χ2v) is 9.40. The van der Waals surface area contributed by atoms with Gasteiger partial charge in [0.1, 0.15) is 16.7 Å². The predicted molar refractivity (Wildman–Crippen MR) is 145 cm³/mol. The van der Waals surface area contributed by atoms with Crippen LogP contribution in [0.3, 0.4) is 0 Å². The molecule has 1 aromatic heterocycles. The van der Waals surface area contributed by atoms with Crippen LogP contribution < -0.4 is 4.74 Å². The third-order valence-electron chi connectivity index (χ3n) is 6.26. The van der Waals surface area contributed by atoms with Crippen molar-refractivity contribution in [3.8, 4) is 27.6 Å². The summed E-state index contributed by atoms with van der Waals surface area (Å²) in [6, 6.07) is 15.5. The third-order valence-corrected chi connectivity index (χ3v) is 7.14. The molecule has 2 aromatic carbocycles. The van der Waals surface area contributed by atoms with E-state index in [1.807, 2.05) is 53.9 Å². The first-order chi connectivity index (χ1) is 17.9. The Bertz CT molecular complexity index is 1370. The molecule has 3 aromatic rings. The smallest absolute Gasteiger partial charge is 0.336 e. The average Bonchev–Trinajstić information content (AvgIpc) is 3.39. The van der Waals surface area contributed by atoms with E-state index < -0.39 is 23.8 Å². The number of methoxy groups -OCH3 is 1. The normalized spacial score (nSPS) is 17.3. The molecule has 7 nitrogen and oxygen atoms in total. The van der Waals surface area contributed by atoms with E-state index in [9.17, 15) is 9.59 Å². The van der Waals surface area contributed by atoms with Crippen LogP contribution in [0.25, 0.3) is 21.8 Å². The maximum atomic E-state index is 13.2. The van der Waals surface area contributed by atoms with Gasteiger partial charge in [-0.1, -0.05) is 36.4 Å². The lowest BCUT2D eigenvalue weighted by atomic mass is 9.74. The zero-order valence-electron chi connectivity index (χ0n) is 21.6. The first-order valence-corrected chi connectivity index (χ1v) is 13.1. The molecule has 2 unspecified atom stereocenters. The van der Waals surface area contributed by atoms with Crippen LogP contribution >= 0.6 is 11.3 Å². The van der Waals surface area contributed by atoms with E-state index >= 15 is 0 Å². The van der Waals surface area contributed by atoms with Gasteiger partial charge in [-0.15, -0.1) is 11.3 Å². The molecule has 2 atom stereocenters. The summed E-state index contributed by atoms with van der Waals surface area (Å²) in [5, 5.41) is 2.77. The minimum absolute atomic E-state index is 0.215. The number of carbonyl (C=O) groups is 2. The van der Waals surface area contributed by atoms with E-state index in [0.717, 1.165) is 33.1 Å². The summed E-state index contributed by atoms with van der Waals surface area (Å²) in [4.78, 5) is 35.9. The summed E-state index contributed by atoms with van der Waals surface area (Å²) >= 11 is 1.50. The number of nitrogens with zero attached hydrogens (tertiary/aromatic N) is 2. The number of benzene rings is 2. The zero-order chi connectivity index (χ0) is 26.5. The van der Waals surface area contributed by atoms with Crippen molar-refractivity contribution in [2.45, 2.75) is 33.6 Å². The minimum Gasteiger partial charge on any atom is -0.497 e. The molecule has 1 aliphatic heterocycles. The number of hydrogen-bond donors (Lipinski definition) is 0. The molecular formula is C29H30N2O5S. The molecule has 37 heavy (non-hydrogen) atoms. The third kappa shape index (κ3) is 5.34. The van der Waals surface area contributed by atoms with Gasteiger partial charge < -0.3 is 14.2 Å². The van der Waals surface area contributed by atoms with Crippen LogP contribution in [0.5, 0.6) is 5.75 Å². The lowest BCUT2D eigenvalue weighted by Crippen LogP contribution is -2.36. The van der Waals surface area contributed by atoms with Gasteiger partial charge in [0.05, 0.1) is 31.6 Å². The molecule has 0 N–H and O–H groups in total. The van der Waals surface area contributed by atoms with E-state index in [-0.39, 0.29) is 13.2 Å². The van der Waals surface area contributed by atoms with Gasteiger partial charge >= 0.3 is 11.9 Å². The molecule has 0 radical (unpaired) electrons. The van der Waals surface area contributed by atoms with E-state index in [4.69, 9.17) is 19.2 Å². The highest BCUT2D eigenvalue weighted by Crippen LogP contribution is 2.44. The average molecular weight is 519 g/mol. The largest absolute Gasteiger partial charge is 0.497 e. The predicted octanol–water partition coefficient (Wildman–Crippen LogP) is 6.06. The van der Waals surface area contributed by atoms with Crippen LogP contribution in [0, 0.1) is 5.92 Å². The summed E-state index contributed by atoms with van der Waals surface area (Å²) in [6.07, 6.45) is 0. The number of hydrogen-bond acceptors (Lipinski definition) is 8. The summed E-state index contributed by atoms with van der Waals surface area (Å²) in [7, 11) is 1.63. The summed E-state index contributed by atoms with van der Waals surface area (Å²) in [5.74, 6) is -1.55. The fourth-order valence-corrected chi connectivity index (χ4v) is 5.54.